The molecule has 0 spiro atoms. The predicted molar refractivity (Wildman–Crippen MR) is 172 cm³/mol. The van der Waals surface area contributed by atoms with Gasteiger partial charge in [-0.1, -0.05) is 72.3 Å². The number of likely N-dealkylation sites (tertiary alicyclic amines) is 1. The van der Waals surface area contributed by atoms with Gasteiger partial charge in [0.2, 0.25) is 0 Å². The van der Waals surface area contributed by atoms with Crippen molar-refractivity contribution in [3.63, 3.8) is 0 Å². The van der Waals surface area contributed by atoms with Crippen molar-refractivity contribution in [3.8, 4) is 0 Å². The summed E-state index contributed by atoms with van der Waals surface area (Å²) in [6.07, 6.45) is 3.38. The third-order valence-corrected chi connectivity index (χ3v) is 8.59. The molecule has 2 amide bonds. The number of carbonyl (C=O) groups excluding carboxylic acids is 1. The fourth-order valence-electron chi connectivity index (χ4n) is 5.92. The summed E-state index contributed by atoms with van der Waals surface area (Å²) >= 11 is 0. The Bertz CT molecular complexity index is 1410. The smallest absolute Gasteiger partial charge is 0.319 e. The lowest BCUT2D eigenvalue weighted by atomic mass is 9.72. The molecule has 5 nitrogen and oxygen atoms in total. The van der Waals surface area contributed by atoms with Gasteiger partial charge in [-0.15, -0.1) is 0 Å². The van der Waals surface area contributed by atoms with E-state index in [0.29, 0.717) is 13.2 Å². The number of hydrogen-bond acceptors (Lipinski definition) is 3. The summed E-state index contributed by atoms with van der Waals surface area (Å²) in [6, 6.07) is 30.7. The summed E-state index contributed by atoms with van der Waals surface area (Å²) in [6.45, 7) is 6.00. The van der Waals surface area contributed by atoms with Crippen LogP contribution in [0.5, 0.6) is 0 Å². The molecule has 0 aromatic heterocycles. The number of halogens is 2. The molecule has 230 valence electrons. The molecule has 1 saturated heterocycles. The Morgan fingerprint density at radius 1 is 0.818 bits per heavy atom. The third-order valence-electron chi connectivity index (χ3n) is 8.59. The molecule has 0 radical (unpaired) electrons. The van der Waals surface area contributed by atoms with Crippen molar-refractivity contribution in [2.45, 2.75) is 44.1 Å². The van der Waals surface area contributed by atoms with Crippen LogP contribution < -0.4 is 10.6 Å². The Kier molecular flexibility index (Phi) is 10.8. The molecule has 1 aliphatic heterocycles. The van der Waals surface area contributed by atoms with Gasteiger partial charge in [0.05, 0.1) is 0 Å². The topological polar surface area (TPSA) is 53.6 Å². The average molecular weight is 598 g/mol. The molecule has 0 atom stereocenters. The first kappa shape index (κ1) is 31.4. The summed E-state index contributed by atoms with van der Waals surface area (Å²) in [7, 11) is 0. The van der Waals surface area contributed by atoms with Gasteiger partial charge in [0.15, 0.2) is 0 Å². The van der Waals surface area contributed by atoms with E-state index < -0.39 is 0 Å². The molecule has 0 bridgehead atoms. The highest BCUT2D eigenvalue weighted by atomic mass is 19.1. The minimum absolute atomic E-state index is 0.122. The largest absolute Gasteiger partial charge is 0.369 e. The summed E-state index contributed by atoms with van der Waals surface area (Å²) in [5, 5.41) is 6.10. The van der Waals surface area contributed by atoms with E-state index >= 15 is 0 Å². The minimum Gasteiger partial charge on any atom is -0.369 e. The molecule has 5 rings (SSSR count). The van der Waals surface area contributed by atoms with Crippen molar-refractivity contribution in [2.75, 3.05) is 38.1 Å². The van der Waals surface area contributed by atoms with Crippen LogP contribution in [-0.4, -0.2) is 43.7 Å². The Balaban J connectivity index is 1.11. The zero-order valence-corrected chi connectivity index (χ0v) is 25.3. The van der Waals surface area contributed by atoms with E-state index in [4.69, 9.17) is 4.74 Å². The van der Waals surface area contributed by atoms with Gasteiger partial charge in [-0.05, 0) is 105 Å². The number of nitrogens with zero attached hydrogens (tertiary/aromatic N) is 1. The highest BCUT2D eigenvalue weighted by molar-refractivity contribution is 5.89. The summed E-state index contributed by atoms with van der Waals surface area (Å²) in [4.78, 5) is 15.3. The van der Waals surface area contributed by atoms with Gasteiger partial charge in [-0.2, -0.15) is 0 Å². The van der Waals surface area contributed by atoms with Gasteiger partial charge in [-0.3, -0.25) is 0 Å². The summed E-state index contributed by atoms with van der Waals surface area (Å²) < 4.78 is 33.3. The van der Waals surface area contributed by atoms with Crippen LogP contribution in [-0.2, 0) is 10.2 Å². The fraction of sp³-hybridized carbons (Fsp3) is 0.324. The van der Waals surface area contributed by atoms with Crippen molar-refractivity contribution in [2.24, 2.45) is 0 Å². The SMILES string of the molecule is Cc1ccc(NC(=O)NCC2(c3ccccc3)CCN(CCCCOC(c3ccc(F)cc3)c3ccc(F)cc3)CC2)cc1. The second-order valence-electron chi connectivity index (χ2n) is 11.7. The molecule has 0 unspecified atom stereocenters. The van der Waals surface area contributed by atoms with Gasteiger partial charge < -0.3 is 20.3 Å². The molecule has 2 N–H and O–H groups in total. The number of ether oxygens (including phenoxy) is 1. The van der Waals surface area contributed by atoms with Crippen LogP contribution in [0.4, 0.5) is 19.3 Å². The molecule has 1 aliphatic rings. The normalized spacial score (nSPS) is 14.8. The second-order valence-corrected chi connectivity index (χ2v) is 11.7. The van der Waals surface area contributed by atoms with E-state index in [0.717, 1.165) is 67.7 Å². The number of carbonyl (C=O) groups is 1. The lowest BCUT2D eigenvalue weighted by Gasteiger charge is -2.42. The van der Waals surface area contributed by atoms with Crippen molar-refractivity contribution < 1.29 is 18.3 Å². The van der Waals surface area contributed by atoms with Crippen LogP contribution in [0.2, 0.25) is 0 Å². The lowest BCUT2D eigenvalue weighted by Crippen LogP contribution is -2.49. The Morgan fingerprint density at radius 2 is 1.41 bits per heavy atom. The van der Waals surface area contributed by atoms with Gasteiger partial charge in [0.25, 0.3) is 0 Å². The Hall–Kier alpha value is -4.07. The molecular formula is C37H41F2N3O2. The number of aryl methyl sites for hydroxylation is 1. The Morgan fingerprint density at radius 3 is 2.00 bits per heavy atom. The van der Waals surface area contributed by atoms with Crippen LogP contribution in [0.1, 0.15) is 54.0 Å². The molecular weight excluding hydrogens is 556 g/mol. The monoisotopic (exact) mass is 597 g/mol. The van der Waals surface area contributed by atoms with Crippen LogP contribution in [0.3, 0.4) is 0 Å². The third kappa shape index (κ3) is 8.52. The zero-order chi connectivity index (χ0) is 30.8. The van der Waals surface area contributed by atoms with E-state index in [1.165, 1.54) is 29.8 Å². The van der Waals surface area contributed by atoms with Crippen molar-refractivity contribution in [1.29, 1.82) is 0 Å². The standard InChI is InChI=1S/C37H41F2N3O2/c1-28-9-19-34(20-10-28)41-36(43)40-27-37(31-7-3-2-4-8-31)21-24-42(25-22-37)23-5-6-26-44-35(29-11-15-32(38)16-12-29)30-13-17-33(39)18-14-30/h2-4,7-20,35H,5-6,21-27H2,1H3,(H2,40,41,43). The van der Waals surface area contributed by atoms with Crippen LogP contribution in [0, 0.1) is 18.6 Å². The molecule has 7 heteroatoms. The number of amides is 2. The van der Waals surface area contributed by atoms with Gasteiger partial charge >= 0.3 is 6.03 Å². The van der Waals surface area contributed by atoms with E-state index in [1.807, 2.05) is 37.3 Å². The second kappa shape index (κ2) is 15.1. The highest BCUT2D eigenvalue weighted by Crippen LogP contribution is 2.35. The number of benzene rings is 4. The molecule has 44 heavy (non-hydrogen) atoms. The lowest BCUT2D eigenvalue weighted by molar-refractivity contribution is 0.0735. The number of rotatable bonds is 12. The van der Waals surface area contributed by atoms with E-state index in [2.05, 4.69) is 39.8 Å². The number of nitrogens with one attached hydrogen (secondary N) is 2. The van der Waals surface area contributed by atoms with Crippen molar-refractivity contribution in [1.82, 2.24) is 10.2 Å². The number of anilines is 1. The first-order valence-electron chi connectivity index (χ1n) is 15.4. The first-order valence-corrected chi connectivity index (χ1v) is 15.4. The summed E-state index contributed by atoms with van der Waals surface area (Å²) in [5.41, 5.74) is 4.75. The molecule has 1 heterocycles. The number of unbranched alkanes of at least 4 members (excludes halogenated alkanes) is 1. The van der Waals surface area contributed by atoms with E-state index in [1.54, 1.807) is 24.3 Å². The number of urea groups is 1. The van der Waals surface area contributed by atoms with Gasteiger partial charge in [0, 0.05) is 24.3 Å². The predicted octanol–water partition coefficient (Wildman–Crippen LogP) is 8.01. The quantitative estimate of drug-likeness (QED) is 0.163. The van der Waals surface area contributed by atoms with Crippen LogP contribution in [0.25, 0.3) is 0 Å². The van der Waals surface area contributed by atoms with Crippen molar-refractivity contribution >= 4 is 11.7 Å². The van der Waals surface area contributed by atoms with E-state index in [9.17, 15) is 13.6 Å². The zero-order valence-electron chi connectivity index (χ0n) is 25.3. The van der Waals surface area contributed by atoms with E-state index in [-0.39, 0.29) is 29.2 Å². The molecule has 1 fully saturated rings. The van der Waals surface area contributed by atoms with Gasteiger partial charge in [-0.25, -0.2) is 13.6 Å². The molecule has 4 aromatic carbocycles. The maximum Gasteiger partial charge on any atom is 0.319 e. The molecule has 0 saturated carbocycles. The maximum atomic E-state index is 13.5. The first-order chi connectivity index (χ1) is 21.4. The molecule has 0 aliphatic carbocycles. The molecule has 4 aromatic rings. The average Bonchev–Trinajstić information content (AvgIpc) is 3.05. The fourth-order valence-corrected chi connectivity index (χ4v) is 5.92. The highest BCUT2D eigenvalue weighted by Gasteiger charge is 2.36. The van der Waals surface area contributed by atoms with Crippen LogP contribution >= 0.6 is 0 Å². The number of hydrogen-bond donors (Lipinski definition) is 2. The minimum atomic E-state index is -0.381. The van der Waals surface area contributed by atoms with Crippen LogP contribution in [0.15, 0.2) is 103 Å². The van der Waals surface area contributed by atoms with Crippen molar-refractivity contribution in [3.05, 3.63) is 137 Å². The van der Waals surface area contributed by atoms with Gasteiger partial charge in [0.1, 0.15) is 17.7 Å². The maximum absolute atomic E-state index is 13.5. The number of piperidine rings is 1. The summed E-state index contributed by atoms with van der Waals surface area (Å²) in [5.74, 6) is -0.601. The Labute approximate surface area is 259 Å².